The Balaban J connectivity index is 1.35. The Hall–Kier alpha value is -4.10. The van der Waals surface area contributed by atoms with Crippen molar-refractivity contribution in [1.29, 1.82) is 0 Å². The quantitative estimate of drug-likeness (QED) is 0.391. The third-order valence-corrected chi connectivity index (χ3v) is 5.66. The highest BCUT2D eigenvalue weighted by atomic mass is 19.1. The number of hydrogen-bond acceptors (Lipinski definition) is 9. The van der Waals surface area contributed by atoms with Crippen molar-refractivity contribution in [2.75, 3.05) is 31.6 Å². The number of ether oxygens (including phenoxy) is 1. The van der Waals surface area contributed by atoms with Crippen molar-refractivity contribution in [2.45, 2.75) is 6.54 Å². The first-order valence-corrected chi connectivity index (χ1v) is 10.9. The maximum absolute atomic E-state index is 13.7. The molecule has 11 nitrogen and oxygen atoms in total. The second-order valence-electron chi connectivity index (χ2n) is 8.04. The highest BCUT2D eigenvalue weighted by Crippen LogP contribution is 2.24. The maximum atomic E-state index is 13.7. The molecule has 13 heteroatoms. The molecule has 1 N–H and O–H groups in total. The van der Waals surface area contributed by atoms with Crippen LogP contribution in [0.1, 0.15) is 15.9 Å². The molecule has 2 aromatic carbocycles. The summed E-state index contributed by atoms with van der Waals surface area (Å²) >= 11 is 0. The molecule has 5 rings (SSSR count). The largest absolute Gasteiger partial charge is 0.446 e. The Bertz CT molecular complexity index is 1410. The van der Waals surface area contributed by atoms with E-state index in [1.165, 1.54) is 18.2 Å². The van der Waals surface area contributed by atoms with E-state index >= 15 is 0 Å². The molecular formula is C22H20BFN6O5. The van der Waals surface area contributed by atoms with Crippen LogP contribution in [0.4, 0.5) is 10.2 Å². The van der Waals surface area contributed by atoms with Gasteiger partial charge in [0.2, 0.25) is 11.6 Å². The van der Waals surface area contributed by atoms with Crippen molar-refractivity contribution in [3.63, 3.8) is 0 Å². The summed E-state index contributed by atoms with van der Waals surface area (Å²) in [7, 11) is 1.56. The zero-order valence-electron chi connectivity index (χ0n) is 18.7. The summed E-state index contributed by atoms with van der Waals surface area (Å²) in [5, 5.41) is 13.9. The molecular weight excluding hydrogens is 458 g/mol. The standard InChI is InChI=1S/C22H20BFN6O5/c23-16-11-15(5-6-17(16)24)30-20(28-34-22(30)32)18-19(27-35-26-18)25-21(31)14-3-1-13(2-4-14)12-29-7-9-33-10-8-29/h1-6,11H,7-10,12,23H2,(H,25,27,31). The smallest absolute Gasteiger partial charge is 0.379 e. The summed E-state index contributed by atoms with van der Waals surface area (Å²) in [6.07, 6.45) is 0. The Morgan fingerprint density at radius 2 is 1.86 bits per heavy atom. The monoisotopic (exact) mass is 478 g/mol. The zero-order chi connectivity index (χ0) is 24.4. The number of morpholine rings is 1. The fourth-order valence-electron chi connectivity index (χ4n) is 3.77. The fourth-order valence-corrected chi connectivity index (χ4v) is 3.77. The number of hydrogen-bond donors (Lipinski definition) is 1. The molecule has 0 unspecified atom stereocenters. The van der Waals surface area contributed by atoms with Crippen LogP contribution in [-0.2, 0) is 11.3 Å². The van der Waals surface area contributed by atoms with E-state index in [9.17, 15) is 14.0 Å². The van der Waals surface area contributed by atoms with Crippen molar-refractivity contribution < 1.29 is 23.1 Å². The molecule has 0 atom stereocenters. The van der Waals surface area contributed by atoms with E-state index in [1.807, 2.05) is 12.1 Å². The van der Waals surface area contributed by atoms with Gasteiger partial charge in [0.05, 0.1) is 18.9 Å². The number of carbonyl (C=O) groups is 1. The normalized spacial score (nSPS) is 14.2. The summed E-state index contributed by atoms with van der Waals surface area (Å²) in [5.41, 5.74) is 2.09. The average molecular weight is 478 g/mol. The van der Waals surface area contributed by atoms with Crippen LogP contribution >= 0.6 is 0 Å². The summed E-state index contributed by atoms with van der Waals surface area (Å²) in [4.78, 5) is 27.4. The minimum Gasteiger partial charge on any atom is -0.379 e. The lowest BCUT2D eigenvalue weighted by Crippen LogP contribution is -2.35. The third kappa shape index (κ3) is 4.77. The van der Waals surface area contributed by atoms with Gasteiger partial charge in [-0.3, -0.25) is 14.2 Å². The van der Waals surface area contributed by atoms with Crippen molar-refractivity contribution >= 4 is 25.0 Å². The third-order valence-electron chi connectivity index (χ3n) is 5.66. The molecule has 0 bridgehead atoms. The number of nitrogens with zero attached hydrogens (tertiary/aromatic N) is 5. The van der Waals surface area contributed by atoms with Gasteiger partial charge in [0, 0.05) is 25.2 Å². The molecule has 0 spiro atoms. The first kappa shape index (κ1) is 22.7. The number of aromatic nitrogens is 4. The SMILES string of the molecule is Bc1cc(-n2c(-c3nonc3NC(=O)c3ccc(CN4CCOCC4)cc3)noc2=O)ccc1F. The predicted octanol–water partition coefficient (Wildman–Crippen LogP) is 0.357. The van der Waals surface area contributed by atoms with Crippen molar-refractivity contribution in [1.82, 2.24) is 24.9 Å². The molecule has 0 saturated carbocycles. The van der Waals surface area contributed by atoms with E-state index in [1.54, 1.807) is 20.0 Å². The van der Waals surface area contributed by atoms with Gasteiger partial charge in [0.25, 0.3) is 5.91 Å². The molecule has 3 heterocycles. The Kier molecular flexibility index (Phi) is 6.25. The van der Waals surface area contributed by atoms with Crippen LogP contribution < -0.4 is 16.5 Å². The molecule has 4 aromatic rings. The average Bonchev–Trinajstić information content (AvgIpc) is 3.48. The molecule has 1 amide bonds. The van der Waals surface area contributed by atoms with Crippen LogP contribution in [0, 0.1) is 5.82 Å². The molecule has 2 aromatic heterocycles. The van der Waals surface area contributed by atoms with Crippen LogP contribution in [-0.4, -0.2) is 65.0 Å². The number of amides is 1. The van der Waals surface area contributed by atoms with Gasteiger partial charge in [0.15, 0.2) is 5.69 Å². The molecule has 0 radical (unpaired) electrons. The highest BCUT2D eigenvalue weighted by molar-refractivity contribution is 6.32. The summed E-state index contributed by atoms with van der Waals surface area (Å²) in [5.74, 6) is -1.80. The summed E-state index contributed by atoms with van der Waals surface area (Å²) < 4.78 is 29.7. The second-order valence-corrected chi connectivity index (χ2v) is 8.04. The van der Waals surface area contributed by atoms with Crippen LogP contribution in [0.5, 0.6) is 0 Å². The first-order valence-electron chi connectivity index (χ1n) is 10.9. The van der Waals surface area contributed by atoms with Crippen LogP contribution in [0.3, 0.4) is 0 Å². The van der Waals surface area contributed by atoms with Crippen LogP contribution in [0.15, 0.2) is 56.4 Å². The van der Waals surface area contributed by atoms with Crippen molar-refractivity contribution in [3.8, 4) is 17.2 Å². The minimum atomic E-state index is -0.817. The number of nitrogens with one attached hydrogen (secondary N) is 1. The topological polar surface area (TPSA) is 129 Å². The van der Waals surface area contributed by atoms with E-state index in [2.05, 4.69) is 25.7 Å². The molecule has 178 valence electrons. The molecule has 1 saturated heterocycles. The van der Waals surface area contributed by atoms with Crippen LogP contribution in [0.25, 0.3) is 17.2 Å². The lowest BCUT2D eigenvalue weighted by Gasteiger charge is -2.26. The molecule has 1 aliphatic rings. The lowest BCUT2D eigenvalue weighted by atomic mass is 9.95. The number of halogens is 1. The summed E-state index contributed by atoms with van der Waals surface area (Å²) in [6, 6.07) is 11.3. The van der Waals surface area contributed by atoms with E-state index in [0.717, 1.165) is 29.8 Å². The van der Waals surface area contributed by atoms with Gasteiger partial charge in [-0.25, -0.2) is 18.4 Å². The van der Waals surface area contributed by atoms with Gasteiger partial charge in [-0.2, -0.15) is 0 Å². The molecule has 1 fully saturated rings. The van der Waals surface area contributed by atoms with Crippen LogP contribution in [0.2, 0.25) is 0 Å². The van der Waals surface area contributed by atoms with E-state index in [4.69, 9.17) is 13.9 Å². The van der Waals surface area contributed by atoms with Crippen molar-refractivity contribution in [2.24, 2.45) is 0 Å². The number of rotatable bonds is 6. The van der Waals surface area contributed by atoms with Gasteiger partial charge in [0.1, 0.15) is 13.7 Å². The minimum absolute atomic E-state index is 0.0184. The van der Waals surface area contributed by atoms with E-state index < -0.39 is 17.5 Å². The maximum Gasteiger partial charge on any atom is 0.446 e. The molecule has 0 aliphatic carbocycles. The molecule has 35 heavy (non-hydrogen) atoms. The predicted molar refractivity (Wildman–Crippen MR) is 124 cm³/mol. The van der Waals surface area contributed by atoms with Gasteiger partial charge in [-0.05, 0) is 46.2 Å². The van der Waals surface area contributed by atoms with E-state index in [0.29, 0.717) is 29.9 Å². The Labute approximate surface area is 198 Å². The molecule has 1 aliphatic heterocycles. The number of benzene rings is 2. The Morgan fingerprint density at radius 3 is 2.60 bits per heavy atom. The fraction of sp³-hybridized carbons (Fsp3) is 0.227. The second kappa shape index (κ2) is 9.64. The van der Waals surface area contributed by atoms with Crippen molar-refractivity contribution in [3.05, 3.63) is 70.0 Å². The first-order chi connectivity index (χ1) is 17.0. The Morgan fingerprint density at radius 1 is 1.09 bits per heavy atom. The van der Waals surface area contributed by atoms with Gasteiger partial charge >= 0.3 is 5.76 Å². The zero-order valence-corrected chi connectivity index (χ0v) is 18.7. The van der Waals surface area contributed by atoms with E-state index in [-0.39, 0.29) is 17.3 Å². The lowest BCUT2D eigenvalue weighted by molar-refractivity contribution is 0.0342. The highest BCUT2D eigenvalue weighted by Gasteiger charge is 2.24. The van der Waals surface area contributed by atoms with Gasteiger partial charge in [-0.1, -0.05) is 22.8 Å². The number of carbonyl (C=O) groups excluding carboxylic acids is 1. The van der Waals surface area contributed by atoms with Gasteiger partial charge < -0.3 is 10.1 Å². The summed E-state index contributed by atoms with van der Waals surface area (Å²) in [6.45, 7) is 3.95. The number of anilines is 1. The van der Waals surface area contributed by atoms with Gasteiger partial charge in [-0.15, -0.1) is 0 Å².